The van der Waals surface area contributed by atoms with Crippen LogP contribution in [0.25, 0.3) is 0 Å². The minimum absolute atomic E-state index is 0.103. The van der Waals surface area contributed by atoms with Gasteiger partial charge in [-0.25, -0.2) is 0 Å². The normalized spacial score (nSPS) is 19.4. The Balaban J connectivity index is 1.61. The highest BCUT2D eigenvalue weighted by molar-refractivity contribution is 6.30. The van der Waals surface area contributed by atoms with Crippen LogP contribution < -0.4 is 5.32 Å². The molecule has 130 valence electrons. The molecule has 0 saturated heterocycles. The molecule has 0 bridgehead atoms. The van der Waals surface area contributed by atoms with Crippen LogP contribution in [0.2, 0.25) is 5.02 Å². The molecule has 1 saturated carbocycles. The van der Waals surface area contributed by atoms with Gasteiger partial charge in [0.1, 0.15) is 6.42 Å². The van der Waals surface area contributed by atoms with Crippen molar-refractivity contribution >= 4 is 23.4 Å². The summed E-state index contributed by atoms with van der Waals surface area (Å²) in [5, 5.41) is 3.53. The van der Waals surface area contributed by atoms with Gasteiger partial charge in [-0.2, -0.15) is 0 Å². The SMILES string of the molecule is O=C(CC(=O)N1CCn2cccc2C1c1cccc(Cl)c1)NC1CC1. The predicted molar refractivity (Wildman–Crippen MR) is 95.2 cm³/mol. The fraction of sp³-hybridized carbons (Fsp3) is 0.368. The first kappa shape index (κ1) is 16.2. The minimum atomic E-state index is -0.219. The van der Waals surface area contributed by atoms with Crippen LogP contribution in [0.5, 0.6) is 0 Å². The van der Waals surface area contributed by atoms with Crippen molar-refractivity contribution < 1.29 is 9.59 Å². The van der Waals surface area contributed by atoms with E-state index in [9.17, 15) is 9.59 Å². The minimum Gasteiger partial charge on any atom is -0.353 e. The lowest BCUT2D eigenvalue weighted by molar-refractivity contribution is -0.138. The predicted octanol–water partition coefficient (Wildman–Crippen LogP) is 2.74. The van der Waals surface area contributed by atoms with E-state index in [4.69, 9.17) is 11.6 Å². The maximum atomic E-state index is 12.8. The highest BCUT2D eigenvalue weighted by Crippen LogP contribution is 2.34. The second kappa shape index (κ2) is 6.56. The molecule has 2 aliphatic rings. The van der Waals surface area contributed by atoms with E-state index < -0.39 is 0 Å². The summed E-state index contributed by atoms with van der Waals surface area (Å²) in [6.07, 6.45) is 3.95. The Bertz CT molecular complexity index is 813. The van der Waals surface area contributed by atoms with E-state index in [1.807, 2.05) is 42.6 Å². The molecule has 2 amide bonds. The number of fused-ring (bicyclic) bond motifs is 1. The van der Waals surface area contributed by atoms with Gasteiger partial charge in [0.15, 0.2) is 0 Å². The molecule has 1 atom stereocenters. The molecule has 0 spiro atoms. The summed E-state index contributed by atoms with van der Waals surface area (Å²) in [4.78, 5) is 26.7. The molecule has 2 heterocycles. The van der Waals surface area contributed by atoms with E-state index >= 15 is 0 Å². The van der Waals surface area contributed by atoms with Gasteiger partial charge in [0, 0.05) is 36.0 Å². The molecule has 5 nitrogen and oxygen atoms in total. The van der Waals surface area contributed by atoms with E-state index in [2.05, 4.69) is 9.88 Å². The third kappa shape index (κ3) is 3.42. The summed E-state index contributed by atoms with van der Waals surface area (Å²) in [6, 6.07) is 11.6. The van der Waals surface area contributed by atoms with Gasteiger partial charge in [0.2, 0.25) is 11.8 Å². The first-order valence-corrected chi connectivity index (χ1v) is 8.99. The van der Waals surface area contributed by atoms with E-state index in [0.717, 1.165) is 30.6 Å². The number of carbonyl (C=O) groups is 2. The smallest absolute Gasteiger partial charge is 0.232 e. The van der Waals surface area contributed by atoms with Crippen molar-refractivity contribution in [3.8, 4) is 0 Å². The second-order valence-corrected chi connectivity index (χ2v) is 7.13. The Morgan fingerprint density at radius 2 is 2.00 bits per heavy atom. The average Bonchev–Trinajstić information content (AvgIpc) is 3.26. The zero-order valence-electron chi connectivity index (χ0n) is 13.8. The zero-order chi connectivity index (χ0) is 17.4. The van der Waals surface area contributed by atoms with Crippen LogP contribution in [0, 0.1) is 0 Å². The maximum Gasteiger partial charge on any atom is 0.232 e. The molecule has 6 heteroatoms. The highest BCUT2D eigenvalue weighted by atomic mass is 35.5. The van der Waals surface area contributed by atoms with Crippen LogP contribution in [0.3, 0.4) is 0 Å². The van der Waals surface area contributed by atoms with Crippen molar-refractivity contribution in [1.29, 1.82) is 0 Å². The number of nitrogens with zero attached hydrogens (tertiary/aromatic N) is 2. The lowest BCUT2D eigenvalue weighted by atomic mass is 9.99. The van der Waals surface area contributed by atoms with Gasteiger partial charge in [-0.3, -0.25) is 9.59 Å². The lowest BCUT2D eigenvalue weighted by Gasteiger charge is -2.37. The van der Waals surface area contributed by atoms with Gasteiger partial charge in [0.05, 0.1) is 6.04 Å². The monoisotopic (exact) mass is 357 g/mol. The topological polar surface area (TPSA) is 54.3 Å². The number of nitrogens with one attached hydrogen (secondary N) is 1. The third-order valence-corrected chi connectivity index (χ3v) is 5.01. The van der Waals surface area contributed by atoms with Gasteiger partial charge in [-0.1, -0.05) is 23.7 Å². The summed E-state index contributed by atoms with van der Waals surface area (Å²) in [7, 11) is 0. The molecular weight excluding hydrogens is 338 g/mol. The van der Waals surface area contributed by atoms with E-state index in [-0.39, 0.29) is 30.3 Å². The number of aromatic nitrogens is 1. The number of halogens is 1. The van der Waals surface area contributed by atoms with Gasteiger partial charge in [-0.15, -0.1) is 0 Å². The Hall–Kier alpha value is -2.27. The van der Waals surface area contributed by atoms with Crippen LogP contribution in [0.4, 0.5) is 0 Å². The molecule has 1 aromatic heterocycles. The fourth-order valence-corrected chi connectivity index (χ4v) is 3.62. The largest absolute Gasteiger partial charge is 0.353 e. The molecule has 1 aliphatic heterocycles. The van der Waals surface area contributed by atoms with Crippen molar-refractivity contribution in [2.24, 2.45) is 0 Å². The van der Waals surface area contributed by atoms with Crippen molar-refractivity contribution in [3.05, 3.63) is 58.9 Å². The van der Waals surface area contributed by atoms with Gasteiger partial charge in [-0.05, 0) is 42.7 Å². The van der Waals surface area contributed by atoms with Crippen LogP contribution in [0.15, 0.2) is 42.6 Å². The van der Waals surface area contributed by atoms with Crippen molar-refractivity contribution in [1.82, 2.24) is 14.8 Å². The molecule has 2 aromatic rings. The van der Waals surface area contributed by atoms with Crippen LogP contribution in [-0.4, -0.2) is 33.9 Å². The standard InChI is InChI=1S/C19H20ClN3O2/c20-14-4-1-3-13(11-14)19-16-5-2-8-22(16)9-10-23(19)18(25)12-17(24)21-15-6-7-15/h1-5,8,11,15,19H,6-7,9-10,12H2,(H,21,24). The Kier molecular flexibility index (Phi) is 4.25. The second-order valence-electron chi connectivity index (χ2n) is 6.69. The molecule has 1 N–H and O–H groups in total. The first-order chi connectivity index (χ1) is 12.1. The van der Waals surface area contributed by atoms with Gasteiger partial charge >= 0.3 is 0 Å². The quantitative estimate of drug-likeness (QED) is 0.855. The van der Waals surface area contributed by atoms with Crippen molar-refractivity contribution in [2.45, 2.75) is 37.9 Å². The summed E-state index contributed by atoms with van der Waals surface area (Å²) in [5.41, 5.74) is 2.01. The van der Waals surface area contributed by atoms with E-state index in [1.54, 1.807) is 4.90 Å². The van der Waals surface area contributed by atoms with E-state index in [1.165, 1.54) is 0 Å². The molecule has 0 radical (unpaired) electrons. The number of carbonyl (C=O) groups excluding carboxylic acids is 2. The molecular formula is C19H20ClN3O2. The number of hydrogen-bond acceptors (Lipinski definition) is 2. The lowest BCUT2D eigenvalue weighted by Crippen LogP contribution is -2.44. The maximum absolute atomic E-state index is 12.8. The molecule has 1 aromatic carbocycles. The Labute approximate surface area is 151 Å². The molecule has 25 heavy (non-hydrogen) atoms. The van der Waals surface area contributed by atoms with E-state index in [0.29, 0.717) is 11.6 Å². The fourth-order valence-electron chi connectivity index (χ4n) is 3.42. The summed E-state index contributed by atoms with van der Waals surface area (Å²) in [5.74, 6) is -0.325. The molecule has 4 rings (SSSR count). The van der Waals surface area contributed by atoms with Crippen molar-refractivity contribution in [3.63, 3.8) is 0 Å². The summed E-state index contributed by atoms with van der Waals surface area (Å²) < 4.78 is 2.15. The molecule has 1 unspecified atom stereocenters. The Morgan fingerprint density at radius 1 is 1.16 bits per heavy atom. The average molecular weight is 358 g/mol. The summed E-state index contributed by atoms with van der Waals surface area (Å²) in [6.45, 7) is 1.31. The number of amides is 2. The molecule has 1 fully saturated rings. The molecule has 1 aliphatic carbocycles. The Morgan fingerprint density at radius 3 is 2.76 bits per heavy atom. The summed E-state index contributed by atoms with van der Waals surface area (Å²) >= 11 is 6.17. The third-order valence-electron chi connectivity index (χ3n) is 4.78. The van der Waals surface area contributed by atoms with Crippen LogP contribution in [0.1, 0.15) is 36.6 Å². The number of hydrogen-bond donors (Lipinski definition) is 1. The van der Waals surface area contributed by atoms with Crippen LogP contribution >= 0.6 is 11.6 Å². The first-order valence-electron chi connectivity index (χ1n) is 8.61. The number of rotatable bonds is 4. The number of benzene rings is 1. The van der Waals surface area contributed by atoms with Crippen molar-refractivity contribution in [2.75, 3.05) is 6.54 Å². The zero-order valence-corrected chi connectivity index (χ0v) is 14.6. The highest BCUT2D eigenvalue weighted by Gasteiger charge is 2.33. The van der Waals surface area contributed by atoms with Gasteiger partial charge < -0.3 is 14.8 Å². The van der Waals surface area contributed by atoms with Gasteiger partial charge in [0.25, 0.3) is 0 Å². The van der Waals surface area contributed by atoms with Crippen LogP contribution in [-0.2, 0) is 16.1 Å².